The Labute approximate surface area is 104 Å². The Hall–Kier alpha value is -0.860. The van der Waals surface area contributed by atoms with Crippen LogP contribution in [0.5, 0.6) is 0 Å². The number of hydrogen-bond donors (Lipinski definition) is 1. The van der Waals surface area contributed by atoms with Crippen molar-refractivity contribution in [2.45, 2.75) is 32.1 Å². The zero-order valence-corrected chi connectivity index (χ0v) is 10.4. The van der Waals surface area contributed by atoms with E-state index in [0.29, 0.717) is 6.61 Å². The molecule has 1 N–H and O–H groups in total. The summed E-state index contributed by atoms with van der Waals surface area (Å²) in [5.74, 6) is 0. The standard InChI is InChI=1S/C15H22O2/c16-13-15(9-11-17-12-10-15)8-4-7-14-5-2-1-3-6-14/h1-3,5-6,16H,4,7-13H2. The monoisotopic (exact) mass is 234 g/mol. The second kappa shape index (κ2) is 6.18. The summed E-state index contributed by atoms with van der Waals surface area (Å²) < 4.78 is 5.38. The molecule has 0 aromatic heterocycles. The lowest BCUT2D eigenvalue weighted by Gasteiger charge is -2.35. The molecular formula is C15H22O2. The molecule has 2 heteroatoms. The first-order chi connectivity index (χ1) is 8.35. The predicted molar refractivity (Wildman–Crippen MR) is 69.0 cm³/mol. The van der Waals surface area contributed by atoms with Crippen LogP contribution in [0.2, 0.25) is 0 Å². The zero-order chi connectivity index (χ0) is 12.0. The number of aryl methyl sites for hydroxylation is 1. The summed E-state index contributed by atoms with van der Waals surface area (Å²) in [5, 5.41) is 9.58. The summed E-state index contributed by atoms with van der Waals surface area (Å²) in [6.07, 6.45) is 5.41. The number of hydrogen-bond acceptors (Lipinski definition) is 2. The van der Waals surface area contributed by atoms with Gasteiger partial charge < -0.3 is 9.84 Å². The molecule has 1 aliphatic heterocycles. The van der Waals surface area contributed by atoms with Gasteiger partial charge in [0.05, 0.1) is 0 Å². The van der Waals surface area contributed by atoms with Crippen LogP contribution in [0.3, 0.4) is 0 Å². The summed E-state index contributed by atoms with van der Waals surface area (Å²) in [6.45, 7) is 1.93. The molecule has 0 amide bonds. The van der Waals surface area contributed by atoms with Crippen molar-refractivity contribution in [1.29, 1.82) is 0 Å². The molecule has 17 heavy (non-hydrogen) atoms. The Morgan fingerprint density at radius 2 is 1.82 bits per heavy atom. The van der Waals surface area contributed by atoms with Crippen molar-refractivity contribution in [1.82, 2.24) is 0 Å². The van der Waals surface area contributed by atoms with Crippen molar-refractivity contribution in [3.63, 3.8) is 0 Å². The molecule has 0 aliphatic carbocycles. The molecule has 0 bridgehead atoms. The Kier molecular flexibility index (Phi) is 4.57. The minimum absolute atomic E-state index is 0.132. The molecule has 0 radical (unpaired) electrons. The predicted octanol–water partition coefficient (Wildman–Crippen LogP) is 2.80. The number of aliphatic hydroxyl groups excluding tert-OH is 1. The summed E-state index contributed by atoms with van der Waals surface area (Å²) in [6, 6.07) is 10.6. The average molecular weight is 234 g/mol. The van der Waals surface area contributed by atoms with E-state index in [1.165, 1.54) is 5.56 Å². The van der Waals surface area contributed by atoms with E-state index in [1.807, 2.05) is 0 Å². The Balaban J connectivity index is 1.80. The maximum absolute atomic E-state index is 9.58. The molecule has 94 valence electrons. The summed E-state index contributed by atoms with van der Waals surface area (Å²) >= 11 is 0. The molecule has 1 aromatic carbocycles. The number of ether oxygens (including phenoxy) is 1. The van der Waals surface area contributed by atoms with Crippen molar-refractivity contribution in [2.24, 2.45) is 5.41 Å². The molecule has 1 aromatic rings. The minimum atomic E-state index is 0.132. The van der Waals surface area contributed by atoms with E-state index in [2.05, 4.69) is 30.3 Å². The highest BCUT2D eigenvalue weighted by Gasteiger charge is 2.31. The molecule has 0 unspecified atom stereocenters. The van der Waals surface area contributed by atoms with Crippen LogP contribution in [0.1, 0.15) is 31.2 Å². The largest absolute Gasteiger partial charge is 0.396 e. The minimum Gasteiger partial charge on any atom is -0.396 e. The van der Waals surface area contributed by atoms with Gasteiger partial charge in [0.25, 0.3) is 0 Å². The van der Waals surface area contributed by atoms with Crippen molar-refractivity contribution in [3.05, 3.63) is 35.9 Å². The van der Waals surface area contributed by atoms with Gasteiger partial charge in [0, 0.05) is 19.8 Å². The summed E-state index contributed by atoms with van der Waals surface area (Å²) in [5.41, 5.74) is 1.53. The number of aliphatic hydroxyl groups is 1. The van der Waals surface area contributed by atoms with Crippen LogP contribution >= 0.6 is 0 Å². The fraction of sp³-hybridized carbons (Fsp3) is 0.600. The van der Waals surface area contributed by atoms with Gasteiger partial charge in [-0.15, -0.1) is 0 Å². The maximum Gasteiger partial charge on any atom is 0.0489 e. The third kappa shape index (κ3) is 3.55. The van der Waals surface area contributed by atoms with Gasteiger partial charge in [0.1, 0.15) is 0 Å². The third-order valence-corrected chi connectivity index (χ3v) is 3.90. The number of rotatable bonds is 5. The van der Waals surface area contributed by atoms with Crippen LogP contribution in [0.25, 0.3) is 0 Å². The normalized spacial score (nSPS) is 19.1. The van der Waals surface area contributed by atoms with Crippen LogP contribution in [-0.2, 0) is 11.2 Å². The summed E-state index contributed by atoms with van der Waals surface area (Å²) in [4.78, 5) is 0. The SMILES string of the molecule is OCC1(CCCc2ccccc2)CCOCC1. The Morgan fingerprint density at radius 1 is 1.12 bits per heavy atom. The van der Waals surface area contributed by atoms with Gasteiger partial charge in [-0.1, -0.05) is 30.3 Å². The van der Waals surface area contributed by atoms with Gasteiger partial charge in [-0.05, 0) is 43.1 Å². The van der Waals surface area contributed by atoms with Crippen molar-refractivity contribution >= 4 is 0 Å². The van der Waals surface area contributed by atoms with Crippen LogP contribution in [0.4, 0.5) is 0 Å². The van der Waals surface area contributed by atoms with E-state index in [4.69, 9.17) is 4.74 Å². The first-order valence-corrected chi connectivity index (χ1v) is 6.57. The number of benzene rings is 1. The molecule has 1 saturated heterocycles. The van der Waals surface area contributed by atoms with Crippen LogP contribution in [0, 0.1) is 5.41 Å². The molecule has 1 fully saturated rings. The van der Waals surface area contributed by atoms with Crippen molar-refractivity contribution < 1.29 is 9.84 Å². The second-order valence-electron chi connectivity index (χ2n) is 5.11. The van der Waals surface area contributed by atoms with E-state index in [-0.39, 0.29) is 5.41 Å². The average Bonchev–Trinajstić information content (AvgIpc) is 2.41. The highest BCUT2D eigenvalue weighted by atomic mass is 16.5. The zero-order valence-electron chi connectivity index (χ0n) is 10.4. The lowest BCUT2D eigenvalue weighted by molar-refractivity contribution is -0.0215. The lowest BCUT2D eigenvalue weighted by atomic mass is 9.76. The van der Waals surface area contributed by atoms with Crippen molar-refractivity contribution in [3.8, 4) is 0 Å². The highest BCUT2D eigenvalue weighted by molar-refractivity contribution is 5.14. The molecule has 0 saturated carbocycles. The molecule has 1 aliphatic rings. The Morgan fingerprint density at radius 3 is 2.47 bits per heavy atom. The molecule has 2 rings (SSSR count). The van der Waals surface area contributed by atoms with Crippen LogP contribution in [0.15, 0.2) is 30.3 Å². The third-order valence-electron chi connectivity index (χ3n) is 3.90. The van der Waals surface area contributed by atoms with Gasteiger partial charge in [-0.2, -0.15) is 0 Å². The topological polar surface area (TPSA) is 29.5 Å². The molecular weight excluding hydrogens is 212 g/mol. The first-order valence-electron chi connectivity index (χ1n) is 6.57. The molecule has 1 heterocycles. The van der Waals surface area contributed by atoms with Gasteiger partial charge in [-0.25, -0.2) is 0 Å². The molecule has 2 nitrogen and oxygen atoms in total. The quantitative estimate of drug-likeness (QED) is 0.849. The first kappa shape index (κ1) is 12.6. The van der Waals surface area contributed by atoms with Crippen molar-refractivity contribution in [2.75, 3.05) is 19.8 Å². The van der Waals surface area contributed by atoms with E-state index >= 15 is 0 Å². The Bertz CT molecular complexity index is 315. The fourth-order valence-corrected chi connectivity index (χ4v) is 2.60. The van der Waals surface area contributed by atoms with E-state index in [0.717, 1.165) is 45.3 Å². The highest BCUT2D eigenvalue weighted by Crippen LogP contribution is 2.35. The lowest BCUT2D eigenvalue weighted by Crippen LogP contribution is -2.33. The maximum atomic E-state index is 9.58. The smallest absolute Gasteiger partial charge is 0.0489 e. The van der Waals surface area contributed by atoms with Gasteiger partial charge in [-0.3, -0.25) is 0 Å². The fourth-order valence-electron chi connectivity index (χ4n) is 2.60. The van der Waals surface area contributed by atoms with Crippen LogP contribution in [-0.4, -0.2) is 24.9 Å². The summed E-state index contributed by atoms with van der Waals surface area (Å²) in [7, 11) is 0. The van der Waals surface area contributed by atoms with Crippen LogP contribution < -0.4 is 0 Å². The second-order valence-corrected chi connectivity index (χ2v) is 5.11. The van der Waals surface area contributed by atoms with Gasteiger partial charge >= 0.3 is 0 Å². The molecule has 0 spiro atoms. The van der Waals surface area contributed by atoms with Gasteiger partial charge in [0.2, 0.25) is 0 Å². The van der Waals surface area contributed by atoms with E-state index in [9.17, 15) is 5.11 Å². The molecule has 0 atom stereocenters. The van der Waals surface area contributed by atoms with E-state index in [1.54, 1.807) is 0 Å². The van der Waals surface area contributed by atoms with E-state index < -0.39 is 0 Å². The van der Waals surface area contributed by atoms with Gasteiger partial charge in [0.15, 0.2) is 0 Å².